The average Bonchev–Trinajstić information content (AvgIpc) is 2.79. The fourth-order valence-corrected chi connectivity index (χ4v) is 4.16. The maximum atomic E-state index is 9.97. The van der Waals surface area contributed by atoms with Crippen molar-refractivity contribution in [2.45, 2.75) is 12.1 Å². The van der Waals surface area contributed by atoms with Crippen LogP contribution in [0, 0.1) is 18.3 Å². The van der Waals surface area contributed by atoms with Crippen molar-refractivity contribution in [1.29, 1.82) is 5.26 Å². The molecule has 1 fully saturated rings. The molecule has 0 saturated carbocycles. The van der Waals surface area contributed by atoms with Crippen molar-refractivity contribution in [3.63, 3.8) is 0 Å². The van der Waals surface area contributed by atoms with Crippen LogP contribution in [0.3, 0.4) is 0 Å². The van der Waals surface area contributed by atoms with Crippen LogP contribution in [0.25, 0.3) is 11.3 Å². The van der Waals surface area contributed by atoms with E-state index in [1.54, 1.807) is 0 Å². The summed E-state index contributed by atoms with van der Waals surface area (Å²) in [7, 11) is 0. The van der Waals surface area contributed by atoms with Gasteiger partial charge in [0.05, 0.1) is 5.69 Å². The minimum atomic E-state index is 0.513. The Bertz CT molecular complexity index is 1090. The smallest absolute Gasteiger partial charge is 0.189 e. The van der Waals surface area contributed by atoms with Crippen LogP contribution in [0.15, 0.2) is 53.7 Å². The zero-order valence-electron chi connectivity index (χ0n) is 17.0. The van der Waals surface area contributed by atoms with E-state index in [1.165, 1.54) is 23.0 Å². The topological polar surface area (TPSA) is 56.1 Å². The third kappa shape index (κ3) is 4.23. The van der Waals surface area contributed by atoms with Gasteiger partial charge in [0, 0.05) is 42.5 Å². The van der Waals surface area contributed by atoms with Crippen molar-refractivity contribution in [3.05, 3.63) is 64.7 Å². The minimum Gasteiger partial charge on any atom is -0.368 e. The van der Waals surface area contributed by atoms with Crippen LogP contribution in [0.5, 0.6) is 0 Å². The second-order valence-corrected chi connectivity index (χ2v) is 8.40. The zero-order chi connectivity index (χ0) is 21.1. The van der Waals surface area contributed by atoms with Crippen molar-refractivity contribution in [2.24, 2.45) is 0 Å². The first kappa shape index (κ1) is 20.5. The van der Waals surface area contributed by atoms with Gasteiger partial charge in [0.2, 0.25) is 0 Å². The summed E-state index contributed by atoms with van der Waals surface area (Å²) in [6, 6.07) is 18.4. The Morgan fingerprint density at radius 1 is 1.00 bits per heavy atom. The SMILES string of the molecule is CSc1nc(-c2ccc(Cl)cc2)c(C#N)c(N2CCN(c3cccc(C)c3)CC2)n1. The summed E-state index contributed by atoms with van der Waals surface area (Å²) < 4.78 is 0. The van der Waals surface area contributed by atoms with Gasteiger partial charge in [-0.25, -0.2) is 9.97 Å². The molecule has 152 valence electrons. The molecule has 2 aromatic carbocycles. The highest BCUT2D eigenvalue weighted by Gasteiger charge is 2.24. The number of nitriles is 1. The molecule has 0 unspecified atom stereocenters. The van der Waals surface area contributed by atoms with Crippen LogP contribution >= 0.6 is 23.4 Å². The highest BCUT2D eigenvalue weighted by molar-refractivity contribution is 7.98. The van der Waals surface area contributed by atoms with E-state index in [-0.39, 0.29) is 0 Å². The van der Waals surface area contributed by atoms with E-state index in [0.717, 1.165) is 31.7 Å². The van der Waals surface area contributed by atoms with Gasteiger partial charge in [-0.15, -0.1) is 0 Å². The Morgan fingerprint density at radius 2 is 1.70 bits per heavy atom. The number of piperazine rings is 1. The summed E-state index contributed by atoms with van der Waals surface area (Å²) in [5.41, 5.74) is 4.54. The van der Waals surface area contributed by atoms with Crippen molar-refractivity contribution < 1.29 is 0 Å². The van der Waals surface area contributed by atoms with Gasteiger partial charge in [-0.1, -0.05) is 47.6 Å². The zero-order valence-corrected chi connectivity index (χ0v) is 18.5. The Hall–Kier alpha value is -2.75. The number of anilines is 2. The van der Waals surface area contributed by atoms with Gasteiger partial charge in [0.1, 0.15) is 11.6 Å². The Morgan fingerprint density at radius 3 is 2.33 bits per heavy atom. The Kier molecular flexibility index (Phi) is 6.12. The van der Waals surface area contributed by atoms with Gasteiger partial charge in [-0.05, 0) is 43.0 Å². The number of nitrogens with zero attached hydrogens (tertiary/aromatic N) is 5. The van der Waals surface area contributed by atoms with E-state index in [0.29, 0.717) is 27.3 Å². The standard InChI is InChI=1S/C23H22ClN5S/c1-16-4-3-5-19(14-16)28-10-12-29(13-11-28)22-20(15-25)21(26-23(27-22)30-2)17-6-8-18(24)9-7-17/h3-9,14H,10-13H2,1-2H3. The molecule has 3 aromatic rings. The van der Waals surface area contributed by atoms with E-state index in [9.17, 15) is 5.26 Å². The van der Waals surface area contributed by atoms with E-state index in [4.69, 9.17) is 16.6 Å². The summed E-state index contributed by atoms with van der Waals surface area (Å²) >= 11 is 7.53. The first-order chi connectivity index (χ1) is 14.6. The molecule has 0 spiro atoms. The van der Waals surface area contributed by atoms with Crippen LogP contribution in [0.4, 0.5) is 11.5 Å². The molecule has 30 heavy (non-hydrogen) atoms. The predicted molar refractivity (Wildman–Crippen MR) is 125 cm³/mol. The Labute approximate surface area is 186 Å². The average molecular weight is 436 g/mol. The summed E-state index contributed by atoms with van der Waals surface area (Å²) in [5, 5.41) is 11.3. The number of aromatic nitrogens is 2. The van der Waals surface area contributed by atoms with Gasteiger partial charge in [0.15, 0.2) is 11.0 Å². The lowest BCUT2D eigenvalue weighted by Crippen LogP contribution is -2.47. The molecule has 0 aliphatic carbocycles. The number of thioether (sulfide) groups is 1. The van der Waals surface area contributed by atoms with Crippen LogP contribution in [-0.2, 0) is 0 Å². The lowest BCUT2D eigenvalue weighted by molar-refractivity contribution is 0.643. The number of aryl methyl sites for hydroxylation is 1. The second-order valence-electron chi connectivity index (χ2n) is 7.19. The van der Waals surface area contributed by atoms with Crippen LogP contribution < -0.4 is 9.80 Å². The predicted octanol–water partition coefficient (Wildman–Crippen LogP) is 5.03. The third-order valence-electron chi connectivity index (χ3n) is 5.23. The number of halogens is 1. The van der Waals surface area contributed by atoms with Crippen molar-refractivity contribution in [1.82, 2.24) is 9.97 Å². The fourth-order valence-electron chi connectivity index (χ4n) is 3.67. The molecular weight excluding hydrogens is 414 g/mol. The van der Waals surface area contributed by atoms with Crippen LogP contribution in [-0.4, -0.2) is 42.4 Å². The number of rotatable bonds is 4. The van der Waals surface area contributed by atoms with Crippen LogP contribution in [0.2, 0.25) is 5.02 Å². The lowest BCUT2D eigenvalue weighted by atomic mass is 10.1. The Balaban J connectivity index is 1.65. The maximum absolute atomic E-state index is 9.97. The van der Waals surface area contributed by atoms with Gasteiger partial charge < -0.3 is 9.80 Å². The maximum Gasteiger partial charge on any atom is 0.189 e. The van der Waals surface area contributed by atoms with Gasteiger partial charge >= 0.3 is 0 Å². The molecule has 1 aliphatic heterocycles. The molecular formula is C23H22ClN5S. The third-order valence-corrected chi connectivity index (χ3v) is 6.03. The van der Waals surface area contributed by atoms with Crippen molar-refractivity contribution >= 4 is 34.9 Å². The number of hydrogen-bond acceptors (Lipinski definition) is 6. The molecule has 0 N–H and O–H groups in total. The van der Waals surface area contributed by atoms with Crippen molar-refractivity contribution in [2.75, 3.05) is 42.2 Å². The lowest BCUT2D eigenvalue weighted by Gasteiger charge is -2.37. The molecule has 1 saturated heterocycles. The highest BCUT2D eigenvalue weighted by Crippen LogP contribution is 2.32. The van der Waals surface area contributed by atoms with Gasteiger partial charge in [-0.2, -0.15) is 5.26 Å². The summed E-state index contributed by atoms with van der Waals surface area (Å²) in [6.45, 7) is 5.47. The fraction of sp³-hybridized carbons (Fsp3) is 0.261. The largest absolute Gasteiger partial charge is 0.368 e. The van der Waals surface area contributed by atoms with Gasteiger partial charge in [0.25, 0.3) is 0 Å². The second kappa shape index (κ2) is 8.95. The molecule has 0 amide bonds. The number of benzene rings is 2. The van der Waals surface area contributed by atoms with Gasteiger partial charge in [-0.3, -0.25) is 0 Å². The number of hydrogen-bond donors (Lipinski definition) is 0. The minimum absolute atomic E-state index is 0.513. The molecule has 0 atom stereocenters. The molecule has 0 bridgehead atoms. The summed E-state index contributed by atoms with van der Waals surface area (Å²) in [4.78, 5) is 13.9. The molecule has 4 rings (SSSR count). The highest BCUT2D eigenvalue weighted by atomic mass is 35.5. The molecule has 1 aliphatic rings. The van der Waals surface area contributed by atoms with E-state index in [2.05, 4.69) is 52.0 Å². The monoisotopic (exact) mass is 435 g/mol. The normalized spacial score (nSPS) is 13.9. The van der Waals surface area contributed by atoms with E-state index in [1.807, 2.05) is 30.5 Å². The molecule has 5 nitrogen and oxygen atoms in total. The molecule has 7 heteroatoms. The van der Waals surface area contributed by atoms with Crippen molar-refractivity contribution in [3.8, 4) is 17.3 Å². The summed E-state index contributed by atoms with van der Waals surface area (Å²) in [5.74, 6) is 0.714. The van der Waals surface area contributed by atoms with E-state index >= 15 is 0 Å². The van der Waals surface area contributed by atoms with E-state index < -0.39 is 0 Å². The molecule has 0 radical (unpaired) electrons. The molecule has 1 aromatic heterocycles. The van der Waals surface area contributed by atoms with Crippen LogP contribution in [0.1, 0.15) is 11.1 Å². The summed E-state index contributed by atoms with van der Waals surface area (Å²) in [6.07, 6.45) is 1.95. The first-order valence-corrected chi connectivity index (χ1v) is 11.4. The quantitative estimate of drug-likeness (QED) is 0.423. The molecule has 2 heterocycles. The first-order valence-electron chi connectivity index (χ1n) is 9.77.